The Labute approximate surface area is 131 Å². The number of likely N-dealkylation sites (tertiary alicyclic amines) is 1. The van der Waals surface area contributed by atoms with Gasteiger partial charge in [-0.15, -0.1) is 0 Å². The summed E-state index contributed by atoms with van der Waals surface area (Å²) in [4.78, 5) is 14.6. The third-order valence-corrected chi connectivity index (χ3v) is 5.93. The lowest BCUT2D eigenvalue weighted by Crippen LogP contribution is -2.38. The number of nitrogens with zero attached hydrogens (tertiary/aromatic N) is 1. The second-order valence-electron chi connectivity index (χ2n) is 5.41. The predicted molar refractivity (Wildman–Crippen MR) is 84.5 cm³/mol. The molecule has 1 N–H and O–H groups in total. The van der Waals surface area contributed by atoms with Crippen molar-refractivity contribution in [3.05, 3.63) is 32.4 Å². The second kappa shape index (κ2) is 5.22. The van der Waals surface area contributed by atoms with Gasteiger partial charge in [-0.1, -0.05) is 11.6 Å². The average molecular weight is 391 g/mol. The SMILES string of the molecule is CC1C2CNCC2CN1C(=O)c1ccc(I)c(Cl)c1. The third kappa shape index (κ3) is 2.38. The number of hydrogen-bond acceptors (Lipinski definition) is 2. The van der Waals surface area contributed by atoms with E-state index in [9.17, 15) is 4.79 Å². The fourth-order valence-corrected chi connectivity index (χ4v) is 3.75. The van der Waals surface area contributed by atoms with Gasteiger partial charge in [0.1, 0.15) is 0 Å². The lowest BCUT2D eigenvalue weighted by Gasteiger charge is -2.24. The van der Waals surface area contributed by atoms with Crippen LogP contribution in [0.2, 0.25) is 5.02 Å². The number of rotatable bonds is 1. The van der Waals surface area contributed by atoms with Crippen LogP contribution in [0.25, 0.3) is 0 Å². The van der Waals surface area contributed by atoms with E-state index in [1.54, 1.807) is 6.07 Å². The standard InChI is InChI=1S/C14H16ClIN2O/c1-8-11-6-17-5-10(11)7-18(8)14(19)9-2-3-13(16)12(15)4-9/h2-4,8,10-11,17H,5-7H2,1H3. The monoisotopic (exact) mass is 390 g/mol. The molecule has 19 heavy (non-hydrogen) atoms. The zero-order chi connectivity index (χ0) is 13.6. The Morgan fingerprint density at radius 1 is 1.47 bits per heavy atom. The van der Waals surface area contributed by atoms with Gasteiger partial charge in [0.25, 0.3) is 5.91 Å². The normalized spacial score (nSPS) is 29.6. The molecule has 2 aliphatic heterocycles. The van der Waals surface area contributed by atoms with Crippen molar-refractivity contribution in [2.75, 3.05) is 19.6 Å². The maximum Gasteiger partial charge on any atom is 0.254 e. The Bertz CT molecular complexity index is 522. The van der Waals surface area contributed by atoms with Crippen LogP contribution < -0.4 is 5.32 Å². The molecule has 3 atom stereocenters. The number of nitrogens with one attached hydrogen (secondary N) is 1. The molecule has 0 bridgehead atoms. The quantitative estimate of drug-likeness (QED) is 0.748. The zero-order valence-electron chi connectivity index (χ0n) is 10.7. The minimum absolute atomic E-state index is 0.111. The molecule has 0 radical (unpaired) electrons. The van der Waals surface area contributed by atoms with Gasteiger partial charge < -0.3 is 10.2 Å². The highest BCUT2D eigenvalue weighted by Crippen LogP contribution is 2.33. The number of amides is 1. The van der Waals surface area contributed by atoms with Crippen LogP contribution in [0, 0.1) is 15.4 Å². The van der Waals surface area contributed by atoms with Crippen molar-refractivity contribution < 1.29 is 4.79 Å². The van der Waals surface area contributed by atoms with E-state index in [0.29, 0.717) is 28.5 Å². The number of halogens is 2. The van der Waals surface area contributed by atoms with Gasteiger partial charge in [-0.25, -0.2) is 0 Å². The highest BCUT2D eigenvalue weighted by Gasteiger charge is 2.43. The number of hydrogen-bond donors (Lipinski definition) is 1. The first kappa shape index (κ1) is 13.6. The van der Waals surface area contributed by atoms with Crippen molar-refractivity contribution in [2.24, 2.45) is 11.8 Å². The fourth-order valence-electron chi connectivity index (χ4n) is 3.23. The molecule has 0 aromatic heterocycles. The minimum atomic E-state index is 0.111. The first-order valence-electron chi connectivity index (χ1n) is 6.54. The minimum Gasteiger partial charge on any atom is -0.335 e. The van der Waals surface area contributed by atoms with Gasteiger partial charge in [0, 0.05) is 34.8 Å². The van der Waals surface area contributed by atoms with Crippen molar-refractivity contribution in [1.82, 2.24) is 10.2 Å². The average Bonchev–Trinajstić information content (AvgIpc) is 2.95. The maximum absolute atomic E-state index is 12.6. The molecule has 3 rings (SSSR count). The number of fused-ring (bicyclic) bond motifs is 1. The van der Waals surface area contributed by atoms with E-state index in [0.717, 1.165) is 23.2 Å². The molecule has 0 saturated carbocycles. The van der Waals surface area contributed by atoms with E-state index >= 15 is 0 Å². The summed E-state index contributed by atoms with van der Waals surface area (Å²) in [5.41, 5.74) is 0.699. The molecule has 3 nitrogen and oxygen atoms in total. The molecule has 102 valence electrons. The molecule has 3 unspecified atom stereocenters. The smallest absolute Gasteiger partial charge is 0.254 e. The molecule has 0 aliphatic carbocycles. The van der Waals surface area contributed by atoms with Crippen LogP contribution in [0.3, 0.4) is 0 Å². The van der Waals surface area contributed by atoms with Gasteiger partial charge in [0.05, 0.1) is 5.02 Å². The maximum atomic E-state index is 12.6. The fraction of sp³-hybridized carbons (Fsp3) is 0.500. The van der Waals surface area contributed by atoms with Crippen LogP contribution >= 0.6 is 34.2 Å². The topological polar surface area (TPSA) is 32.3 Å². The first-order chi connectivity index (χ1) is 9.08. The molecule has 2 heterocycles. The van der Waals surface area contributed by atoms with Gasteiger partial charge in [-0.3, -0.25) is 4.79 Å². The Morgan fingerprint density at radius 2 is 2.26 bits per heavy atom. The van der Waals surface area contributed by atoms with Crippen molar-refractivity contribution in [2.45, 2.75) is 13.0 Å². The van der Waals surface area contributed by atoms with Crippen LogP contribution in [-0.2, 0) is 0 Å². The molecule has 5 heteroatoms. The molecule has 0 spiro atoms. The summed E-state index contributed by atoms with van der Waals surface area (Å²) in [7, 11) is 0. The van der Waals surface area contributed by atoms with Gasteiger partial charge >= 0.3 is 0 Å². The summed E-state index contributed by atoms with van der Waals surface area (Å²) >= 11 is 8.28. The molecule has 2 fully saturated rings. The van der Waals surface area contributed by atoms with E-state index in [2.05, 4.69) is 34.8 Å². The number of carbonyl (C=O) groups excluding carboxylic acids is 1. The van der Waals surface area contributed by atoms with Crippen LogP contribution in [-0.4, -0.2) is 36.5 Å². The van der Waals surface area contributed by atoms with E-state index in [4.69, 9.17) is 11.6 Å². The van der Waals surface area contributed by atoms with E-state index in [1.807, 2.05) is 17.0 Å². The lowest BCUT2D eigenvalue weighted by atomic mass is 9.95. The predicted octanol–water partition coefficient (Wildman–Crippen LogP) is 2.62. The Morgan fingerprint density at radius 3 is 2.95 bits per heavy atom. The van der Waals surface area contributed by atoms with Crippen molar-refractivity contribution in [1.29, 1.82) is 0 Å². The second-order valence-corrected chi connectivity index (χ2v) is 6.98. The van der Waals surface area contributed by atoms with E-state index in [-0.39, 0.29) is 5.91 Å². The van der Waals surface area contributed by atoms with Crippen molar-refractivity contribution in [3.63, 3.8) is 0 Å². The highest BCUT2D eigenvalue weighted by atomic mass is 127. The summed E-state index contributed by atoms with van der Waals surface area (Å²) in [6, 6.07) is 5.87. The third-order valence-electron chi connectivity index (χ3n) is 4.36. The molecule has 1 amide bonds. The molecule has 2 saturated heterocycles. The van der Waals surface area contributed by atoms with Crippen LogP contribution in [0.1, 0.15) is 17.3 Å². The van der Waals surface area contributed by atoms with Gasteiger partial charge in [0.15, 0.2) is 0 Å². The van der Waals surface area contributed by atoms with Crippen LogP contribution in [0.4, 0.5) is 0 Å². The Kier molecular flexibility index (Phi) is 3.75. The van der Waals surface area contributed by atoms with E-state index in [1.165, 1.54) is 0 Å². The summed E-state index contributed by atoms with van der Waals surface area (Å²) < 4.78 is 0.978. The van der Waals surface area contributed by atoms with Crippen molar-refractivity contribution >= 4 is 40.1 Å². The molecule has 2 aliphatic rings. The number of carbonyl (C=O) groups is 1. The Balaban J connectivity index is 1.82. The summed E-state index contributed by atoms with van der Waals surface area (Å²) in [5.74, 6) is 1.32. The first-order valence-corrected chi connectivity index (χ1v) is 8.00. The summed E-state index contributed by atoms with van der Waals surface area (Å²) in [6.45, 7) is 5.08. The number of benzene rings is 1. The Hall–Kier alpha value is -0.330. The molecule has 1 aromatic rings. The van der Waals surface area contributed by atoms with Crippen LogP contribution in [0.15, 0.2) is 18.2 Å². The van der Waals surface area contributed by atoms with Crippen LogP contribution in [0.5, 0.6) is 0 Å². The molecule has 1 aromatic carbocycles. The van der Waals surface area contributed by atoms with Gasteiger partial charge in [-0.05, 0) is 59.5 Å². The molecular formula is C14H16ClIN2O. The molecular weight excluding hydrogens is 375 g/mol. The zero-order valence-corrected chi connectivity index (χ0v) is 13.6. The van der Waals surface area contributed by atoms with Crippen molar-refractivity contribution in [3.8, 4) is 0 Å². The van der Waals surface area contributed by atoms with Gasteiger partial charge in [-0.2, -0.15) is 0 Å². The summed E-state index contributed by atoms with van der Waals surface area (Å²) in [6.07, 6.45) is 0. The lowest BCUT2D eigenvalue weighted by molar-refractivity contribution is 0.0728. The van der Waals surface area contributed by atoms with Gasteiger partial charge in [0.2, 0.25) is 0 Å². The van der Waals surface area contributed by atoms with E-state index < -0.39 is 0 Å². The summed E-state index contributed by atoms with van der Waals surface area (Å²) in [5, 5.41) is 4.06. The highest BCUT2D eigenvalue weighted by molar-refractivity contribution is 14.1. The largest absolute Gasteiger partial charge is 0.335 e.